The van der Waals surface area contributed by atoms with Crippen molar-refractivity contribution in [1.29, 1.82) is 0 Å². The second kappa shape index (κ2) is 8.43. The van der Waals surface area contributed by atoms with Gasteiger partial charge in [0.2, 0.25) is 5.88 Å². The van der Waals surface area contributed by atoms with E-state index in [4.69, 9.17) is 9.72 Å². The molecule has 0 aliphatic rings. The fourth-order valence-corrected chi connectivity index (χ4v) is 3.67. The van der Waals surface area contributed by atoms with Crippen molar-refractivity contribution in [2.75, 3.05) is 0 Å². The van der Waals surface area contributed by atoms with Crippen molar-refractivity contribution in [1.82, 2.24) is 19.7 Å². The van der Waals surface area contributed by atoms with Crippen molar-refractivity contribution in [3.05, 3.63) is 96.4 Å². The lowest BCUT2D eigenvalue weighted by atomic mass is 10.0. The Labute approximate surface area is 185 Å². The lowest BCUT2D eigenvalue weighted by Crippen LogP contribution is -1.98. The van der Waals surface area contributed by atoms with Crippen LogP contribution in [0.1, 0.15) is 15.9 Å². The van der Waals surface area contributed by atoms with Crippen molar-refractivity contribution in [2.24, 2.45) is 7.05 Å². The molecular formula is C26H20N4O2. The first-order chi connectivity index (χ1) is 15.7. The van der Waals surface area contributed by atoms with E-state index in [0.29, 0.717) is 23.7 Å². The number of aryl methyl sites for hydroxylation is 1. The van der Waals surface area contributed by atoms with E-state index in [2.05, 4.69) is 10.1 Å². The van der Waals surface area contributed by atoms with E-state index >= 15 is 0 Å². The topological polar surface area (TPSA) is 69.9 Å². The molecule has 0 N–H and O–H groups in total. The summed E-state index contributed by atoms with van der Waals surface area (Å²) in [4.78, 5) is 20.4. The van der Waals surface area contributed by atoms with Crippen LogP contribution in [-0.4, -0.2) is 26.0 Å². The van der Waals surface area contributed by atoms with Crippen LogP contribution in [0.3, 0.4) is 0 Å². The molecule has 0 fully saturated rings. The summed E-state index contributed by atoms with van der Waals surface area (Å²) in [6.07, 6.45) is 6.28. The monoisotopic (exact) mass is 420 g/mol. The summed E-state index contributed by atoms with van der Waals surface area (Å²) in [6.45, 7) is 0.376. The summed E-state index contributed by atoms with van der Waals surface area (Å²) in [5.41, 5.74) is 5.91. The summed E-state index contributed by atoms with van der Waals surface area (Å²) in [5.74, 6) is 0.571. The lowest BCUT2D eigenvalue weighted by molar-refractivity contribution is 0.112. The van der Waals surface area contributed by atoms with Gasteiger partial charge in [0.15, 0.2) is 6.29 Å². The summed E-state index contributed by atoms with van der Waals surface area (Å²) in [6, 6.07) is 21.4. The third-order valence-electron chi connectivity index (χ3n) is 5.27. The molecule has 2 aromatic carbocycles. The maximum atomic E-state index is 11.6. The van der Waals surface area contributed by atoms with Crippen LogP contribution < -0.4 is 4.74 Å². The molecule has 0 bridgehead atoms. The highest BCUT2D eigenvalue weighted by molar-refractivity contribution is 5.93. The van der Waals surface area contributed by atoms with Crippen LogP contribution in [0.25, 0.3) is 33.3 Å². The zero-order valence-electron chi connectivity index (χ0n) is 17.5. The molecule has 0 amide bonds. The number of para-hydroxylation sites is 1. The summed E-state index contributed by atoms with van der Waals surface area (Å²) >= 11 is 0. The number of aromatic nitrogens is 4. The Hall–Kier alpha value is -4.32. The van der Waals surface area contributed by atoms with Gasteiger partial charge < -0.3 is 4.74 Å². The van der Waals surface area contributed by atoms with Crippen molar-refractivity contribution >= 4 is 17.2 Å². The number of aldehydes is 1. The number of benzene rings is 2. The Kier molecular flexibility index (Phi) is 5.17. The molecular weight excluding hydrogens is 400 g/mol. The van der Waals surface area contributed by atoms with E-state index in [0.717, 1.165) is 39.4 Å². The number of rotatable bonds is 6. The van der Waals surface area contributed by atoms with Gasteiger partial charge in [0.1, 0.15) is 6.61 Å². The van der Waals surface area contributed by atoms with Crippen LogP contribution in [0.15, 0.2) is 85.3 Å². The van der Waals surface area contributed by atoms with Gasteiger partial charge in [-0.2, -0.15) is 0 Å². The predicted octanol–water partition coefficient (Wildman–Crippen LogP) is 5.09. The van der Waals surface area contributed by atoms with Crippen molar-refractivity contribution in [3.63, 3.8) is 0 Å². The van der Waals surface area contributed by atoms with E-state index in [1.54, 1.807) is 17.1 Å². The molecule has 6 heteroatoms. The minimum absolute atomic E-state index is 0.376. The van der Waals surface area contributed by atoms with Crippen molar-refractivity contribution < 1.29 is 9.53 Å². The molecule has 0 radical (unpaired) electrons. The van der Waals surface area contributed by atoms with E-state index in [1.165, 1.54) is 0 Å². The molecule has 3 heterocycles. The molecule has 0 atom stereocenters. The van der Waals surface area contributed by atoms with Gasteiger partial charge in [0.05, 0.1) is 16.8 Å². The minimum Gasteiger partial charge on any atom is -0.471 e. The number of hydrogen-bond acceptors (Lipinski definition) is 5. The lowest BCUT2D eigenvalue weighted by Gasteiger charge is -2.09. The van der Waals surface area contributed by atoms with Gasteiger partial charge in [-0.15, -0.1) is 5.10 Å². The zero-order valence-corrected chi connectivity index (χ0v) is 17.5. The average Bonchev–Trinajstić information content (AvgIpc) is 3.23. The maximum absolute atomic E-state index is 11.6. The molecule has 0 spiro atoms. The van der Waals surface area contributed by atoms with Crippen LogP contribution in [-0.2, 0) is 13.7 Å². The first kappa shape index (κ1) is 19.6. The van der Waals surface area contributed by atoms with Gasteiger partial charge in [-0.25, -0.2) is 4.98 Å². The Bertz CT molecular complexity index is 1390. The standard InChI is InChI=1S/C26H20N4O2/c1-30-15-23(19-10-12-27-13-11-19)26(29-30)32-17-18-6-8-20(9-7-18)25-22(16-31)14-21-4-2-3-5-24(21)28-25/h2-16H,17H2,1H3. The van der Waals surface area contributed by atoms with Gasteiger partial charge >= 0.3 is 0 Å². The summed E-state index contributed by atoms with van der Waals surface area (Å²) in [7, 11) is 1.87. The second-order valence-electron chi connectivity index (χ2n) is 7.48. The summed E-state index contributed by atoms with van der Waals surface area (Å²) in [5, 5.41) is 5.39. The Balaban J connectivity index is 1.38. The zero-order chi connectivity index (χ0) is 21.9. The van der Waals surface area contributed by atoms with E-state index in [1.807, 2.05) is 80.0 Å². The normalized spacial score (nSPS) is 10.9. The Morgan fingerprint density at radius 1 is 0.969 bits per heavy atom. The number of hydrogen-bond donors (Lipinski definition) is 0. The van der Waals surface area contributed by atoms with Crippen LogP contribution in [0, 0.1) is 0 Å². The number of carbonyl (C=O) groups excluding carboxylic acids is 1. The van der Waals surface area contributed by atoms with Gasteiger partial charge in [0.25, 0.3) is 0 Å². The molecule has 5 aromatic rings. The quantitative estimate of drug-likeness (QED) is 0.358. The highest BCUT2D eigenvalue weighted by Gasteiger charge is 2.12. The molecule has 6 nitrogen and oxygen atoms in total. The number of pyridine rings is 2. The summed E-state index contributed by atoms with van der Waals surface area (Å²) < 4.78 is 7.76. The predicted molar refractivity (Wildman–Crippen MR) is 123 cm³/mol. The Morgan fingerprint density at radius 2 is 1.75 bits per heavy atom. The maximum Gasteiger partial charge on any atom is 0.241 e. The SMILES string of the molecule is Cn1cc(-c2ccncc2)c(OCc2ccc(-c3nc4ccccc4cc3C=O)cc2)n1. The van der Waals surface area contributed by atoms with Gasteiger partial charge in [0, 0.05) is 42.2 Å². The fourth-order valence-electron chi connectivity index (χ4n) is 3.67. The van der Waals surface area contributed by atoms with Gasteiger partial charge in [-0.3, -0.25) is 14.5 Å². The van der Waals surface area contributed by atoms with Crippen molar-refractivity contribution in [2.45, 2.75) is 6.61 Å². The first-order valence-corrected chi connectivity index (χ1v) is 10.2. The van der Waals surface area contributed by atoms with Crippen LogP contribution in [0.2, 0.25) is 0 Å². The number of fused-ring (bicyclic) bond motifs is 1. The Morgan fingerprint density at radius 3 is 2.53 bits per heavy atom. The fraction of sp³-hybridized carbons (Fsp3) is 0.0769. The molecule has 0 aliphatic carbocycles. The second-order valence-corrected chi connectivity index (χ2v) is 7.48. The molecule has 0 saturated carbocycles. The van der Waals surface area contributed by atoms with Crippen LogP contribution in [0.5, 0.6) is 5.88 Å². The molecule has 32 heavy (non-hydrogen) atoms. The molecule has 0 unspecified atom stereocenters. The highest BCUT2D eigenvalue weighted by atomic mass is 16.5. The molecule has 0 aliphatic heterocycles. The van der Waals surface area contributed by atoms with Crippen LogP contribution in [0.4, 0.5) is 0 Å². The van der Waals surface area contributed by atoms with Crippen LogP contribution >= 0.6 is 0 Å². The van der Waals surface area contributed by atoms with Gasteiger partial charge in [-0.05, 0) is 35.4 Å². The third-order valence-corrected chi connectivity index (χ3v) is 5.27. The number of ether oxygens (including phenoxy) is 1. The molecule has 156 valence electrons. The van der Waals surface area contributed by atoms with E-state index in [9.17, 15) is 4.79 Å². The molecule has 5 rings (SSSR count). The van der Waals surface area contributed by atoms with E-state index < -0.39 is 0 Å². The number of nitrogens with zero attached hydrogens (tertiary/aromatic N) is 4. The molecule has 0 saturated heterocycles. The number of carbonyl (C=O) groups is 1. The van der Waals surface area contributed by atoms with Gasteiger partial charge in [-0.1, -0.05) is 42.5 Å². The molecule has 3 aromatic heterocycles. The first-order valence-electron chi connectivity index (χ1n) is 10.2. The van der Waals surface area contributed by atoms with E-state index in [-0.39, 0.29) is 0 Å². The highest BCUT2D eigenvalue weighted by Crippen LogP contribution is 2.29. The average molecular weight is 420 g/mol. The van der Waals surface area contributed by atoms with Crippen molar-refractivity contribution in [3.8, 4) is 28.3 Å². The third kappa shape index (κ3) is 3.86. The largest absolute Gasteiger partial charge is 0.471 e. The minimum atomic E-state index is 0.376. The smallest absolute Gasteiger partial charge is 0.241 e.